The van der Waals surface area contributed by atoms with E-state index in [2.05, 4.69) is 6.07 Å². The third-order valence-corrected chi connectivity index (χ3v) is 1.52. The van der Waals surface area contributed by atoms with Gasteiger partial charge in [0.1, 0.15) is 0 Å². The molecule has 62 valence electrons. The molecule has 12 heavy (non-hydrogen) atoms. The van der Waals surface area contributed by atoms with E-state index in [4.69, 9.17) is 4.74 Å². The Balaban J connectivity index is 0. The van der Waals surface area contributed by atoms with Crippen LogP contribution in [0, 0.1) is 6.07 Å². The van der Waals surface area contributed by atoms with Gasteiger partial charge >= 0.3 is 23.1 Å². The van der Waals surface area contributed by atoms with Crippen LogP contribution in [0.3, 0.4) is 0 Å². The van der Waals surface area contributed by atoms with E-state index in [1.807, 2.05) is 31.2 Å². The molecular weight excluding hydrogens is 228 g/mol. The zero-order valence-corrected chi connectivity index (χ0v) is 10.4. The van der Waals surface area contributed by atoms with E-state index in [9.17, 15) is 0 Å². The Hall–Kier alpha value is 0.426. The molecule has 1 atom stereocenters. The summed E-state index contributed by atoms with van der Waals surface area (Å²) in [5.74, 6) is 0. The summed E-state index contributed by atoms with van der Waals surface area (Å²) in [6, 6.07) is 10.9. The predicted octanol–water partition coefficient (Wildman–Crippen LogP) is -1.18. The molecule has 0 bridgehead atoms. The maximum absolute atomic E-state index is 5.10. The van der Waals surface area contributed by atoms with Crippen molar-refractivity contribution in [3.63, 3.8) is 0 Å². The average Bonchev–Trinajstić information content (AvgIpc) is 2.05. The van der Waals surface area contributed by atoms with Crippen molar-refractivity contribution in [2.75, 3.05) is 7.11 Å². The monoisotopic (exact) mass is 238 g/mol. The van der Waals surface area contributed by atoms with Crippen LogP contribution in [0.4, 0.5) is 0 Å². The first-order chi connectivity index (χ1) is 4.84. The molecule has 0 saturated heterocycles. The first-order valence-corrected chi connectivity index (χ1v) is 3.34. The fourth-order valence-electron chi connectivity index (χ4n) is 0.787. The smallest absolute Gasteiger partial charge is 1.00 e. The van der Waals surface area contributed by atoms with Crippen molar-refractivity contribution < 1.29 is 21.7 Å². The second-order valence-corrected chi connectivity index (χ2v) is 2.20. The zero-order chi connectivity index (χ0) is 7.40. The van der Waals surface area contributed by atoms with Crippen molar-refractivity contribution >= 4 is 23.1 Å². The van der Waals surface area contributed by atoms with Gasteiger partial charge in [0.2, 0.25) is 0 Å². The minimum absolute atomic E-state index is 0. The van der Waals surface area contributed by atoms with Crippen LogP contribution < -0.4 is 17.0 Å². The van der Waals surface area contributed by atoms with Gasteiger partial charge in [-0.1, -0.05) is 0 Å². The van der Waals surface area contributed by atoms with E-state index < -0.39 is 0 Å². The van der Waals surface area contributed by atoms with Gasteiger partial charge in [0.05, 0.1) is 6.10 Å². The molecule has 0 heterocycles. The first-order valence-electron chi connectivity index (χ1n) is 3.34. The number of methoxy groups -OCH3 is 1. The van der Waals surface area contributed by atoms with Crippen molar-refractivity contribution in [2.45, 2.75) is 13.0 Å². The standard InChI is InChI=1S/C9H11O.BrH.Mg/c1-8(10-2)9-6-4-3-5-7-9;;/h3-6,8H,1-2H3;1H;/q-1;;+2/p-1/t8-;;/m1../s1. The normalized spacial score (nSPS) is 10.8. The first kappa shape index (κ1) is 14.9. The number of benzene rings is 1. The van der Waals surface area contributed by atoms with Crippen LogP contribution in [-0.4, -0.2) is 30.2 Å². The van der Waals surface area contributed by atoms with Gasteiger partial charge in [0.15, 0.2) is 0 Å². The van der Waals surface area contributed by atoms with Crippen LogP contribution >= 0.6 is 0 Å². The molecule has 1 aromatic carbocycles. The summed E-state index contributed by atoms with van der Waals surface area (Å²) >= 11 is 0. The summed E-state index contributed by atoms with van der Waals surface area (Å²) in [5.41, 5.74) is 1.10. The molecule has 0 saturated carbocycles. The fourth-order valence-corrected chi connectivity index (χ4v) is 0.787. The fraction of sp³-hybridized carbons (Fsp3) is 0.333. The quantitative estimate of drug-likeness (QED) is 0.466. The van der Waals surface area contributed by atoms with E-state index in [1.54, 1.807) is 7.11 Å². The molecule has 0 N–H and O–H groups in total. The summed E-state index contributed by atoms with van der Waals surface area (Å²) in [7, 11) is 1.70. The third kappa shape index (κ3) is 4.45. The van der Waals surface area contributed by atoms with Crippen molar-refractivity contribution in [3.8, 4) is 0 Å². The average molecular weight is 239 g/mol. The minimum atomic E-state index is 0. The minimum Gasteiger partial charge on any atom is -1.00 e. The maximum atomic E-state index is 5.10. The van der Waals surface area contributed by atoms with Crippen LogP contribution in [0.1, 0.15) is 18.6 Å². The molecule has 0 unspecified atom stereocenters. The van der Waals surface area contributed by atoms with Crippen LogP contribution in [0.15, 0.2) is 24.3 Å². The summed E-state index contributed by atoms with van der Waals surface area (Å²) in [6.45, 7) is 2.01. The number of ether oxygens (including phenoxy) is 1. The van der Waals surface area contributed by atoms with E-state index in [0.29, 0.717) is 0 Å². The molecule has 0 spiro atoms. The Bertz CT molecular complexity index is 191. The SMILES string of the molecule is CO[C@H](C)c1[c-]cccc1.[Br-].[Mg+2]. The van der Waals surface area contributed by atoms with Gasteiger partial charge in [-0.05, 0) is 6.92 Å². The van der Waals surface area contributed by atoms with Crippen molar-refractivity contribution in [1.82, 2.24) is 0 Å². The third-order valence-electron chi connectivity index (χ3n) is 1.52. The summed E-state index contributed by atoms with van der Waals surface area (Å²) in [4.78, 5) is 0. The Labute approximate surface area is 100 Å². The second-order valence-electron chi connectivity index (χ2n) is 2.20. The molecule has 0 amide bonds. The Kier molecular flexibility index (Phi) is 10.0. The molecule has 0 fully saturated rings. The Morgan fingerprint density at radius 2 is 2.08 bits per heavy atom. The van der Waals surface area contributed by atoms with Gasteiger partial charge in [-0.15, -0.1) is 5.56 Å². The van der Waals surface area contributed by atoms with E-state index in [1.165, 1.54) is 0 Å². The van der Waals surface area contributed by atoms with Gasteiger partial charge in [-0.25, -0.2) is 0 Å². The largest absolute Gasteiger partial charge is 2.00 e. The van der Waals surface area contributed by atoms with Crippen molar-refractivity contribution in [2.24, 2.45) is 0 Å². The van der Waals surface area contributed by atoms with Gasteiger partial charge in [-0.3, -0.25) is 0 Å². The van der Waals surface area contributed by atoms with Crippen LogP contribution in [-0.2, 0) is 4.74 Å². The van der Waals surface area contributed by atoms with E-state index in [0.717, 1.165) is 5.56 Å². The second kappa shape index (κ2) is 8.04. The summed E-state index contributed by atoms with van der Waals surface area (Å²) < 4.78 is 5.10. The molecule has 0 aliphatic carbocycles. The van der Waals surface area contributed by atoms with Gasteiger partial charge in [0, 0.05) is 7.11 Å². The molecular formula is C9H11BrMgO. The van der Waals surface area contributed by atoms with Crippen LogP contribution in [0.2, 0.25) is 0 Å². The molecule has 0 aliphatic rings. The molecule has 1 rings (SSSR count). The molecule has 1 aromatic rings. The Morgan fingerprint density at radius 1 is 1.42 bits per heavy atom. The van der Waals surface area contributed by atoms with Crippen LogP contribution in [0.5, 0.6) is 0 Å². The van der Waals surface area contributed by atoms with Crippen LogP contribution in [0.25, 0.3) is 0 Å². The number of halogens is 1. The summed E-state index contributed by atoms with van der Waals surface area (Å²) in [6.07, 6.45) is 0.154. The molecule has 3 heteroatoms. The maximum Gasteiger partial charge on any atom is 2.00 e. The predicted molar refractivity (Wildman–Crippen MR) is 46.5 cm³/mol. The number of hydrogen-bond donors (Lipinski definition) is 0. The topological polar surface area (TPSA) is 9.23 Å². The van der Waals surface area contributed by atoms with Crippen molar-refractivity contribution in [1.29, 1.82) is 0 Å². The van der Waals surface area contributed by atoms with Gasteiger partial charge in [0.25, 0.3) is 0 Å². The van der Waals surface area contributed by atoms with E-state index in [-0.39, 0.29) is 46.1 Å². The molecule has 0 aliphatic heterocycles. The number of rotatable bonds is 2. The summed E-state index contributed by atoms with van der Waals surface area (Å²) in [5, 5.41) is 0. The van der Waals surface area contributed by atoms with Gasteiger partial charge < -0.3 is 21.7 Å². The van der Waals surface area contributed by atoms with Crippen molar-refractivity contribution in [3.05, 3.63) is 35.9 Å². The van der Waals surface area contributed by atoms with E-state index >= 15 is 0 Å². The number of hydrogen-bond acceptors (Lipinski definition) is 1. The van der Waals surface area contributed by atoms with Gasteiger partial charge in [-0.2, -0.15) is 30.3 Å². The zero-order valence-electron chi connectivity index (χ0n) is 7.38. The molecule has 0 aromatic heterocycles. The molecule has 0 radical (unpaired) electrons. The Morgan fingerprint density at radius 3 is 2.50 bits per heavy atom. The molecule has 1 nitrogen and oxygen atoms in total.